The zero-order chi connectivity index (χ0) is 28.1. The van der Waals surface area contributed by atoms with Crippen LogP contribution >= 0.6 is 0 Å². The molecule has 0 bridgehead atoms. The molecule has 12 nitrogen and oxygen atoms in total. The molecule has 0 aromatic carbocycles. The molecule has 0 aromatic rings. The molecule has 218 valence electrons. The van der Waals surface area contributed by atoms with Crippen LogP contribution < -0.4 is 5.32 Å². The van der Waals surface area contributed by atoms with Crippen LogP contribution in [0.1, 0.15) is 52.4 Å². The average molecular weight is 550 g/mol. The van der Waals surface area contributed by atoms with Crippen LogP contribution in [0.2, 0.25) is 0 Å². The maximum Gasteiger partial charge on any atom is 0.328 e. The Morgan fingerprint density at radius 3 is 2.41 bits per heavy atom. The van der Waals surface area contributed by atoms with E-state index >= 15 is 0 Å². The van der Waals surface area contributed by atoms with Gasteiger partial charge in [0.25, 0.3) is 0 Å². The molecule has 4 fully saturated rings. The maximum absolute atomic E-state index is 13.6. The van der Waals surface area contributed by atoms with E-state index in [4.69, 9.17) is 9.47 Å². The number of fused-ring (bicyclic) bond motifs is 2. The number of likely N-dealkylation sites (N-methyl/N-ethyl adjacent to an activating group) is 1. The summed E-state index contributed by atoms with van der Waals surface area (Å²) in [4.78, 5) is 73.3. The van der Waals surface area contributed by atoms with E-state index in [9.17, 15) is 24.0 Å². The number of hydrogen-bond acceptors (Lipinski definition) is 8. The summed E-state index contributed by atoms with van der Waals surface area (Å²) >= 11 is 0. The first kappa shape index (κ1) is 29.3. The third-order valence-electron chi connectivity index (χ3n) is 8.39. The van der Waals surface area contributed by atoms with Gasteiger partial charge in [0.05, 0.1) is 19.6 Å². The van der Waals surface area contributed by atoms with Gasteiger partial charge in [0.15, 0.2) is 0 Å². The van der Waals surface area contributed by atoms with Gasteiger partial charge in [-0.3, -0.25) is 24.1 Å². The topological polar surface area (TPSA) is 129 Å². The molecule has 4 rings (SSSR count). The molecule has 0 aliphatic carbocycles. The first-order valence-electron chi connectivity index (χ1n) is 14.3. The summed E-state index contributed by atoms with van der Waals surface area (Å²) in [5.41, 5.74) is 0. The van der Waals surface area contributed by atoms with Crippen molar-refractivity contribution in [3.63, 3.8) is 0 Å². The van der Waals surface area contributed by atoms with E-state index in [0.29, 0.717) is 58.4 Å². The maximum atomic E-state index is 13.6. The predicted molar refractivity (Wildman–Crippen MR) is 140 cm³/mol. The highest BCUT2D eigenvalue weighted by Crippen LogP contribution is 2.26. The van der Waals surface area contributed by atoms with Crippen LogP contribution in [0.25, 0.3) is 0 Å². The first-order valence-corrected chi connectivity index (χ1v) is 14.3. The lowest BCUT2D eigenvalue weighted by Crippen LogP contribution is -2.57. The summed E-state index contributed by atoms with van der Waals surface area (Å²) in [6.45, 7) is 8.08. The van der Waals surface area contributed by atoms with E-state index in [1.807, 2.05) is 6.92 Å². The SMILES string of the molecule is CC1CC2C(=O)OCCC(=O)N3CCCC3C(=O)N(C)C(CCCN3CCOCC3)C(=O)NC(C)C(=O)N2C1. The highest BCUT2D eigenvalue weighted by Gasteiger charge is 2.43. The lowest BCUT2D eigenvalue weighted by Gasteiger charge is -2.34. The molecule has 1 N–H and O–H groups in total. The number of rotatable bonds is 4. The van der Waals surface area contributed by atoms with E-state index < -0.39 is 36.0 Å². The standard InChI is InChI=1S/C27H43N5O7/c1-18-16-22-27(37)39-13-8-23(33)31-10-5-7-21(31)26(36)29(3)20(6-4-9-30-11-14-38-15-12-30)24(34)28-19(2)25(35)32(22)17-18/h18-22H,4-17H2,1-3H3,(H,28,34). The fourth-order valence-corrected chi connectivity index (χ4v) is 6.16. The predicted octanol–water partition coefficient (Wildman–Crippen LogP) is -0.395. The van der Waals surface area contributed by atoms with E-state index in [-0.39, 0.29) is 36.7 Å². The van der Waals surface area contributed by atoms with Crippen molar-refractivity contribution in [2.24, 2.45) is 5.92 Å². The summed E-state index contributed by atoms with van der Waals surface area (Å²) < 4.78 is 10.8. The smallest absolute Gasteiger partial charge is 0.328 e. The molecule has 4 saturated heterocycles. The van der Waals surface area contributed by atoms with Gasteiger partial charge >= 0.3 is 5.97 Å². The Morgan fingerprint density at radius 2 is 1.67 bits per heavy atom. The van der Waals surface area contributed by atoms with Crippen LogP contribution in [0, 0.1) is 5.92 Å². The van der Waals surface area contributed by atoms with Gasteiger partial charge in [0.1, 0.15) is 30.8 Å². The Balaban J connectivity index is 1.55. The Bertz CT molecular complexity index is 939. The average Bonchev–Trinajstić information content (AvgIpc) is 3.57. The molecule has 39 heavy (non-hydrogen) atoms. The highest BCUT2D eigenvalue weighted by atomic mass is 16.5. The molecule has 5 unspecified atom stereocenters. The van der Waals surface area contributed by atoms with Crippen molar-refractivity contribution in [3.05, 3.63) is 0 Å². The monoisotopic (exact) mass is 549 g/mol. The first-order chi connectivity index (χ1) is 18.7. The van der Waals surface area contributed by atoms with Crippen LogP contribution in [0.15, 0.2) is 0 Å². The molecule has 0 radical (unpaired) electrons. The molecule has 5 atom stereocenters. The number of cyclic esters (lactones) is 1. The number of esters is 1. The Labute approximate surface area is 230 Å². The molecule has 12 heteroatoms. The highest BCUT2D eigenvalue weighted by molar-refractivity contribution is 5.95. The van der Waals surface area contributed by atoms with Crippen LogP contribution in [-0.4, -0.2) is 133 Å². The van der Waals surface area contributed by atoms with E-state index in [0.717, 1.165) is 19.6 Å². The van der Waals surface area contributed by atoms with Crippen molar-refractivity contribution in [1.29, 1.82) is 0 Å². The third kappa shape index (κ3) is 6.89. The normalized spacial score (nSPS) is 32.2. The largest absolute Gasteiger partial charge is 0.464 e. The molecular weight excluding hydrogens is 506 g/mol. The molecule has 0 spiro atoms. The van der Waals surface area contributed by atoms with E-state index in [1.54, 1.807) is 18.9 Å². The van der Waals surface area contributed by atoms with Crippen LogP contribution in [-0.2, 0) is 33.4 Å². The number of amides is 4. The minimum atomic E-state index is -0.874. The molecular formula is C27H43N5O7. The van der Waals surface area contributed by atoms with Gasteiger partial charge in [0, 0.05) is 33.2 Å². The lowest BCUT2D eigenvalue weighted by atomic mass is 10.1. The van der Waals surface area contributed by atoms with Gasteiger partial charge in [-0.2, -0.15) is 0 Å². The van der Waals surface area contributed by atoms with Crippen molar-refractivity contribution < 1.29 is 33.4 Å². The van der Waals surface area contributed by atoms with E-state index in [2.05, 4.69) is 10.2 Å². The summed E-state index contributed by atoms with van der Waals surface area (Å²) in [7, 11) is 1.61. The summed E-state index contributed by atoms with van der Waals surface area (Å²) in [6.07, 6.45) is 2.74. The molecule has 4 heterocycles. The van der Waals surface area contributed by atoms with Gasteiger partial charge in [-0.15, -0.1) is 0 Å². The molecule has 0 saturated carbocycles. The molecule has 4 amide bonds. The van der Waals surface area contributed by atoms with Crippen LogP contribution in [0.3, 0.4) is 0 Å². The zero-order valence-corrected chi connectivity index (χ0v) is 23.4. The van der Waals surface area contributed by atoms with Crippen LogP contribution in [0.4, 0.5) is 0 Å². The van der Waals surface area contributed by atoms with Gasteiger partial charge < -0.3 is 29.5 Å². The van der Waals surface area contributed by atoms with Crippen molar-refractivity contribution in [2.45, 2.75) is 76.5 Å². The number of hydrogen-bond donors (Lipinski definition) is 1. The number of ether oxygens (including phenoxy) is 2. The Morgan fingerprint density at radius 1 is 0.923 bits per heavy atom. The Kier molecular flexibility index (Phi) is 9.81. The van der Waals surface area contributed by atoms with Crippen molar-refractivity contribution in [1.82, 2.24) is 24.9 Å². The molecule has 0 aromatic heterocycles. The second-order valence-corrected chi connectivity index (χ2v) is 11.3. The number of carbonyl (C=O) groups is 5. The third-order valence-corrected chi connectivity index (χ3v) is 8.39. The lowest BCUT2D eigenvalue weighted by molar-refractivity contribution is -0.156. The van der Waals surface area contributed by atoms with Crippen molar-refractivity contribution in [3.8, 4) is 0 Å². The fourth-order valence-electron chi connectivity index (χ4n) is 6.16. The van der Waals surface area contributed by atoms with Gasteiger partial charge in [-0.25, -0.2) is 4.79 Å². The summed E-state index contributed by atoms with van der Waals surface area (Å²) in [6, 6.07) is -3.08. The van der Waals surface area contributed by atoms with E-state index in [1.165, 1.54) is 9.80 Å². The number of carbonyl (C=O) groups excluding carboxylic acids is 5. The second-order valence-electron chi connectivity index (χ2n) is 11.3. The summed E-state index contributed by atoms with van der Waals surface area (Å²) in [5, 5.41) is 2.82. The van der Waals surface area contributed by atoms with Gasteiger partial charge in [-0.05, 0) is 51.5 Å². The molecule has 4 aliphatic rings. The number of morpholine rings is 1. The minimum absolute atomic E-state index is 0.0324. The second kappa shape index (κ2) is 13.1. The Hall–Kier alpha value is -2.73. The number of nitrogens with zero attached hydrogens (tertiary/aromatic N) is 4. The van der Waals surface area contributed by atoms with Gasteiger partial charge in [-0.1, -0.05) is 6.92 Å². The quantitative estimate of drug-likeness (QED) is 0.470. The van der Waals surface area contributed by atoms with Crippen molar-refractivity contribution >= 4 is 29.6 Å². The van der Waals surface area contributed by atoms with Crippen LogP contribution in [0.5, 0.6) is 0 Å². The van der Waals surface area contributed by atoms with Crippen molar-refractivity contribution in [2.75, 3.05) is 59.6 Å². The zero-order valence-electron chi connectivity index (χ0n) is 23.4. The van der Waals surface area contributed by atoms with Gasteiger partial charge in [0.2, 0.25) is 23.6 Å². The minimum Gasteiger partial charge on any atom is -0.464 e. The molecule has 4 aliphatic heterocycles. The summed E-state index contributed by atoms with van der Waals surface area (Å²) in [5.74, 6) is -1.76. The fraction of sp³-hybridized carbons (Fsp3) is 0.815. The number of nitrogens with one attached hydrogen (secondary N) is 1.